The van der Waals surface area contributed by atoms with Crippen molar-refractivity contribution in [2.45, 2.75) is 26.3 Å². The van der Waals surface area contributed by atoms with Gasteiger partial charge in [0, 0.05) is 21.0 Å². The average molecular weight is 393 g/mol. The Bertz CT molecular complexity index is 558. The number of halogens is 3. The van der Waals surface area contributed by atoms with Gasteiger partial charge in [-0.05, 0) is 65.1 Å². The zero-order chi connectivity index (χ0) is 14.7. The highest BCUT2D eigenvalue weighted by Gasteiger charge is 2.18. The van der Waals surface area contributed by atoms with Crippen molar-refractivity contribution >= 4 is 50.5 Å². The van der Waals surface area contributed by atoms with Gasteiger partial charge in [-0.3, -0.25) is 0 Å². The molecule has 1 unspecified atom stereocenters. The standard InChI is InChI=1S/C15H16BrCl2NS/c1-3-19-13(14-7-9(2)15(16)20-14)8-10-11(17)5-4-6-12(10)18/h4-7,13,19H,3,8H2,1-2H3. The van der Waals surface area contributed by atoms with Crippen LogP contribution in [0.2, 0.25) is 10.0 Å². The maximum absolute atomic E-state index is 6.28. The van der Waals surface area contributed by atoms with E-state index in [1.165, 1.54) is 14.2 Å². The maximum atomic E-state index is 6.28. The van der Waals surface area contributed by atoms with E-state index in [0.29, 0.717) is 0 Å². The molecule has 0 aliphatic heterocycles. The Morgan fingerprint density at radius 2 is 1.95 bits per heavy atom. The Kier molecular flexibility index (Phi) is 5.94. The van der Waals surface area contributed by atoms with E-state index in [-0.39, 0.29) is 6.04 Å². The Morgan fingerprint density at radius 1 is 1.30 bits per heavy atom. The monoisotopic (exact) mass is 391 g/mol. The van der Waals surface area contributed by atoms with Gasteiger partial charge in [-0.15, -0.1) is 11.3 Å². The van der Waals surface area contributed by atoms with E-state index in [1.54, 1.807) is 11.3 Å². The molecule has 0 amide bonds. The molecule has 0 aliphatic carbocycles. The van der Waals surface area contributed by atoms with E-state index in [1.807, 2.05) is 18.2 Å². The van der Waals surface area contributed by atoms with Crippen molar-refractivity contribution in [2.24, 2.45) is 0 Å². The summed E-state index contributed by atoms with van der Waals surface area (Å²) in [6.07, 6.45) is 0.790. The molecule has 0 bridgehead atoms. The van der Waals surface area contributed by atoms with Gasteiger partial charge < -0.3 is 5.32 Å². The van der Waals surface area contributed by atoms with Gasteiger partial charge in [0.25, 0.3) is 0 Å². The summed E-state index contributed by atoms with van der Waals surface area (Å²) in [5.41, 5.74) is 2.27. The lowest BCUT2D eigenvalue weighted by Gasteiger charge is -2.18. The lowest BCUT2D eigenvalue weighted by atomic mass is 10.0. The highest BCUT2D eigenvalue weighted by molar-refractivity contribution is 9.11. The first kappa shape index (κ1) is 16.3. The molecular formula is C15H16BrCl2NS. The number of nitrogens with one attached hydrogen (secondary N) is 1. The topological polar surface area (TPSA) is 12.0 Å². The Balaban J connectivity index is 2.30. The summed E-state index contributed by atoms with van der Waals surface area (Å²) in [4.78, 5) is 1.30. The molecule has 2 aromatic rings. The second-order valence-corrected chi connectivity index (χ2v) is 7.84. The van der Waals surface area contributed by atoms with Gasteiger partial charge in [-0.25, -0.2) is 0 Å². The Labute approximate surface area is 142 Å². The second-order valence-electron chi connectivity index (χ2n) is 4.62. The highest BCUT2D eigenvalue weighted by atomic mass is 79.9. The zero-order valence-corrected chi connectivity index (χ0v) is 15.3. The number of hydrogen-bond donors (Lipinski definition) is 1. The van der Waals surface area contributed by atoms with E-state index in [9.17, 15) is 0 Å². The largest absolute Gasteiger partial charge is 0.309 e. The van der Waals surface area contributed by atoms with Gasteiger partial charge in [0.15, 0.2) is 0 Å². The molecule has 1 N–H and O–H groups in total. The van der Waals surface area contributed by atoms with Crippen molar-refractivity contribution in [2.75, 3.05) is 6.54 Å². The van der Waals surface area contributed by atoms with E-state index in [4.69, 9.17) is 23.2 Å². The van der Waals surface area contributed by atoms with Crippen LogP contribution in [0.1, 0.15) is 29.0 Å². The number of aryl methyl sites for hydroxylation is 1. The van der Waals surface area contributed by atoms with Gasteiger partial charge in [-0.2, -0.15) is 0 Å². The van der Waals surface area contributed by atoms with Gasteiger partial charge in [0.2, 0.25) is 0 Å². The molecule has 0 fully saturated rings. The fraction of sp³-hybridized carbons (Fsp3) is 0.333. The minimum Gasteiger partial charge on any atom is -0.309 e. The highest BCUT2D eigenvalue weighted by Crippen LogP contribution is 2.35. The number of rotatable bonds is 5. The first-order valence-electron chi connectivity index (χ1n) is 6.45. The third-order valence-electron chi connectivity index (χ3n) is 3.14. The summed E-state index contributed by atoms with van der Waals surface area (Å²) in [6.45, 7) is 5.12. The molecule has 1 aromatic carbocycles. The van der Waals surface area contributed by atoms with Crippen LogP contribution < -0.4 is 5.32 Å². The molecule has 0 aliphatic rings. The van der Waals surface area contributed by atoms with Crippen molar-refractivity contribution in [1.82, 2.24) is 5.32 Å². The fourth-order valence-electron chi connectivity index (χ4n) is 2.11. The molecule has 108 valence electrons. The predicted molar refractivity (Wildman–Crippen MR) is 93.3 cm³/mol. The van der Waals surface area contributed by atoms with Crippen molar-refractivity contribution in [3.05, 3.63) is 54.1 Å². The molecule has 1 atom stereocenters. The summed E-state index contributed by atoms with van der Waals surface area (Å²) >= 11 is 17.9. The maximum Gasteiger partial charge on any atom is 0.0731 e. The lowest BCUT2D eigenvalue weighted by Crippen LogP contribution is -2.22. The van der Waals surface area contributed by atoms with Gasteiger partial charge in [0.05, 0.1) is 3.79 Å². The number of benzene rings is 1. The number of likely N-dealkylation sites (N-methyl/N-ethyl adjacent to an activating group) is 1. The van der Waals surface area contributed by atoms with E-state index in [0.717, 1.165) is 28.6 Å². The summed E-state index contributed by atoms with van der Waals surface area (Å²) in [7, 11) is 0. The SMILES string of the molecule is CCNC(Cc1c(Cl)cccc1Cl)c1cc(C)c(Br)s1. The molecule has 0 radical (unpaired) electrons. The van der Waals surface area contributed by atoms with Crippen LogP contribution in [0.25, 0.3) is 0 Å². The fourth-order valence-corrected chi connectivity index (χ4v) is 4.30. The van der Waals surface area contributed by atoms with Gasteiger partial charge >= 0.3 is 0 Å². The van der Waals surface area contributed by atoms with Crippen LogP contribution in [-0.4, -0.2) is 6.54 Å². The van der Waals surface area contributed by atoms with E-state index < -0.39 is 0 Å². The predicted octanol–water partition coefficient (Wildman–Crippen LogP) is 6.02. The average Bonchev–Trinajstić information content (AvgIpc) is 2.73. The minimum atomic E-state index is 0.229. The minimum absolute atomic E-state index is 0.229. The zero-order valence-electron chi connectivity index (χ0n) is 11.3. The van der Waals surface area contributed by atoms with Crippen LogP contribution in [0.15, 0.2) is 28.1 Å². The molecule has 1 aromatic heterocycles. The molecule has 0 spiro atoms. The van der Waals surface area contributed by atoms with Crippen LogP contribution >= 0.6 is 50.5 Å². The van der Waals surface area contributed by atoms with Crippen LogP contribution in [-0.2, 0) is 6.42 Å². The molecule has 2 rings (SSSR count). The van der Waals surface area contributed by atoms with Crippen LogP contribution in [0.4, 0.5) is 0 Å². The van der Waals surface area contributed by atoms with Crippen molar-refractivity contribution in [3.8, 4) is 0 Å². The molecular weight excluding hydrogens is 377 g/mol. The van der Waals surface area contributed by atoms with Crippen molar-refractivity contribution in [1.29, 1.82) is 0 Å². The smallest absolute Gasteiger partial charge is 0.0731 e. The third-order valence-corrected chi connectivity index (χ3v) is 6.10. The molecule has 1 nitrogen and oxygen atoms in total. The van der Waals surface area contributed by atoms with Crippen molar-refractivity contribution in [3.63, 3.8) is 0 Å². The van der Waals surface area contributed by atoms with Gasteiger partial charge in [-0.1, -0.05) is 36.2 Å². The molecule has 5 heteroatoms. The quantitative estimate of drug-likeness (QED) is 0.655. The van der Waals surface area contributed by atoms with E-state index >= 15 is 0 Å². The molecule has 20 heavy (non-hydrogen) atoms. The Hall–Kier alpha value is -0.0600. The lowest BCUT2D eigenvalue weighted by molar-refractivity contribution is 0.558. The number of thiophene rings is 1. The Morgan fingerprint density at radius 3 is 2.45 bits per heavy atom. The van der Waals surface area contributed by atoms with E-state index in [2.05, 4.69) is 41.2 Å². The summed E-state index contributed by atoms with van der Waals surface area (Å²) in [5.74, 6) is 0. The van der Waals surface area contributed by atoms with Crippen LogP contribution in [0, 0.1) is 6.92 Å². The third kappa shape index (κ3) is 3.77. The summed E-state index contributed by atoms with van der Waals surface area (Å²) in [6, 6.07) is 8.10. The first-order valence-corrected chi connectivity index (χ1v) is 8.81. The first-order chi connectivity index (χ1) is 9.52. The molecule has 0 saturated heterocycles. The van der Waals surface area contributed by atoms with Crippen molar-refractivity contribution < 1.29 is 0 Å². The summed E-state index contributed by atoms with van der Waals surface area (Å²) < 4.78 is 1.18. The molecule has 1 heterocycles. The molecule has 0 saturated carbocycles. The van der Waals surface area contributed by atoms with Crippen LogP contribution in [0.5, 0.6) is 0 Å². The van der Waals surface area contributed by atoms with Gasteiger partial charge in [0.1, 0.15) is 0 Å². The normalized spacial score (nSPS) is 12.7. The second kappa shape index (κ2) is 7.28. The van der Waals surface area contributed by atoms with Crippen LogP contribution in [0.3, 0.4) is 0 Å². The number of hydrogen-bond acceptors (Lipinski definition) is 2. The summed E-state index contributed by atoms with van der Waals surface area (Å²) in [5, 5.41) is 4.97.